The molecule has 3 N–H and O–H groups in total. The number of nitrogens with two attached hydrogens (primary N) is 1. The molecule has 2 heterocycles. The molecule has 0 aliphatic heterocycles. The molecule has 0 saturated carbocycles. The highest BCUT2D eigenvalue weighted by Gasteiger charge is 2.11. The number of rotatable bonds is 5. The SMILES string of the molecule is N#Cc1ccc(Nn2cnc3ccccc32)nc1-c1ccc(OS(N)(=O)=O)cc1. The smallest absolute Gasteiger partial charge is 0.371 e. The van der Waals surface area contributed by atoms with E-state index in [0.29, 0.717) is 22.6 Å². The Morgan fingerprint density at radius 3 is 2.55 bits per heavy atom. The number of aromatic nitrogens is 3. The normalized spacial score (nSPS) is 11.2. The number of para-hydroxylation sites is 2. The first-order valence-corrected chi connectivity index (χ1v) is 9.83. The zero-order valence-corrected chi connectivity index (χ0v) is 15.7. The number of benzene rings is 2. The van der Waals surface area contributed by atoms with E-state index in [1.165, 1.54) is 12.1 Å². The van der Waals surface area contributed by atoms with Crippen LogP contribution in [0.4, 0.5) is 5.82 Å². The van der Waals surface area contributed by atoms with E-state index in [-0.39, 0.29) is 5.75 Å². The van der Waals surface area contributed by atoms with Crippen molar-refractivity contribution in [3.63, 3.8) is 0 Å². The summed E-state index contributed by atoms with van der Waals surface area (Å²) in [7, 11) is -4.11. The lowest BCUT2D eigenvalue weighted by atomic mass is 10.1. The molecule has 10 heteroatoms. The fraction of sp³-hybridized carbons (Fsp3) is 0. The van der Waals surface area contributed by atoms with Crippen LogP contribution in [0.1, 0.15) is 5.56 Å². The molecule has 0 aliphatic rings. The minimum absolute atomic E-state index is 0.0638. The Hall–Kier alpha value is -3.94. The maximum absolute atomic E-state index is 11.0. The van der Waals surface area contributed by atoms with Gasteiger partial charge in [0, 0.05) is 5.56 Å². The van der Waals surface area contributed by atoms with Gasteiger partial charge in [-0.15, -0.1) is 0 Å². The molecule has 2 aromatic carbocycles. The molecule has 0 bridgehead atoms. The highest BCUT2D eigenvalue weighted by atomic mass is 32.2. The topological polar surface area (TPSA) is 136 Å². The van der Waals surface area contributed by atoms with E-state index in [4.69, 9.17) is 5.14 Å². The zero-order chi connectivity index (χ0) is 20.4. The third-order valence-electron chi connectivity index (χ3n) is 4.04. The molecular weight excluding hydrogens is 392 g/mol. The van der Waals surface area contributed by atoms with E-state index < -0.39 is 10.3 Å². The first-order chi connectivity index (χ1) is 13.9. The van der Waals surface area contributed by atoms with Gasteiger partial charge in [0.2, 0.25) is 0 Å². The van der Waals surface area contributed by atoms with Crippen molar-refractivity contribution in [2.24, 2.45) is 5.14 Å². The van der Waals surface area contributed by atoms with E-state index in [9.17, 15) is 13.7 Å². The minimum Gasteiger partial charge on any atom is -0.371 e. The number of nitriles is 1. The molecule has 0 radical (unpaired) electrons. The Morgan fingerprint density at radius 2 is 1.83 bits per heavy atom. The molecule has 4 aromatic rings. The third-order valence-corrected chi connectivity index (χ3v) is 4.47. The Balaban J connectivity index is 1.68. The molecule has 0 atom stereocenters. The summed E-state index contributed by atoms with van der Waals surface area (Å²) in [6.45, 7) is 0. The van der Waals surface area contributed by atoms with Gasteiger partial charge in [0.1, 0.15) is 24.0 Å². The predicted molar refractivity (Wildman–Crippen MR) is 107 cm³/mol. The van der Waals surface area contributed by atoms with Gasteiger partial charge in [-0.2, -0.15) is 18.8 Å². The number of anilines is 1. The van der Waals surface area contributed by atoms with Crippen LogP contribution in [0.25, 0.3) is 22.3 Å². The number of fused-ring (bicyclic) bond motifs is 1. The Bertz CT molecular complexity index is 1340. The molecule has 0 amide bonds. The summed E-state index contributed by atoms with van der Waals surface area (Å²) in [5.74, 6) is 0.570. The van der Waals surface area contributed by atoms with Gasteiger partial charge in [-0.25, -0.2) is 14.6 Å². The molecule has 4 rings (SSSR count). The van der Waals surface area contributed by atoms with Crippen LogP contribution in [0.5, 0.6) is 5.75 Å². The number of pyridine rings is 1. The molecule has 144 valence electrons. The van der Waals surface area contributed by atoms with Crippen LogP contribution in [0.2, 0.25) is 0 Å². The van der Waals surface area contributed by atoms with E-state index in [1.807, 2.05) is 24.3 Å². The lowest BCUT2D eigenvalue weighted by molar-refractivity contribution is 0.488. The fourth-order valence-corrected chi connectivity index (χ4v) is 3.19. The quantitative estimate of drug-likeness (QED) is 0.519. The summed E-state index contributed by atoms with van der Waals surface area (Å²) < 4.78 is 28.4. The fourth-order valence-electron chi connectivity index (χ4n) is 2.81. The standard InChI is InChI=1S/C19H14N6O3S/c20-11-14-7-10-18(24-25-12-22-16-3-1-2-4-17(16)25)23-19(14)13-5-8-15(9-6-13)28-29(21,26)27/h1-10,12H,(H,23,24)(H2,21,26,27). The van der Waals surface area contributed by atoms with Crippen LogP contribution in [0, 0.1) is 11.3 Å². The lowest BCUT2D eigenvalue weighted by Crippen LogP contribution is -2.18. The van der Waals surface area contributed by atoms with E-state index >= 15 is 0 Å². The number of nitrogens with zero attached hydrogens (tertiary/aromatic N) is 4. The Morgan fingerprint density at radius 1 is 1.07 bits per heavy atom. The second-order valence-corrected chi connectivity index (χ2v) is 7.17. The van der Waals surface area contributed by atoms with Gasteiger partial charge >= 0.3 is 10.3 Å². The monoisotopic (exact) mass is 406 g/mol. The van der Waals surface area contributed by atoms with Gasteiger partial charge in [0.25, 0.3) is 0 Å². The molecule has 0 spiro atoms. The maximum atomic E-state index is 11.0. The summed E-state index contributed by atoms with van der Waals surface area (Å²) in [6.07, 6.45) is 1.64. The van der Waals surface area contributed by atoms with E-state index in [1.54, 1.807) is 35.3 Å². The number of imidazole rings is 1. The summed E-state index contributed by atoms with van der Waals surface area (Å²) in [4.78, 5) is 8.85. The highest BCUT2D eigenvalue weighted by Crippen LogP contribution is 2.26. The van der Waals surface area contributed by atoms with Crippen molar-refractivity contribution in [3.05, 3.63) is 72.6 Å². The lowest BCUT2D eigenvalue weighted by Gasteiger charge is -2.11. The van der Waals surface area contributed by atoms with Crippen molar-refractivity contribution in [3.8, 4) is 23.1 Å². The van der Waals surface area contributed by atoms with Crippen molar-refractivity contribution in [1.82, 2.24) is 14.6 Å². The van der Waals surface area contributed by atoms with Crippen LogP contribution in [-0.2, 0) is 10.3 Å². The molecule has 0 unspecified atom stereocenters. The second-order valence-electron chi connectivity index (χ2n) is 6.02. The van der Waals surface area contributed by atoms with Crippen molar-refractivity contribution in [2.75, 3.05) is 5.43 Å². The molecule has 9 nitrogen and oxygen atoms in total. The predicted octanol–water partition coefficient (Wildman–Crippen LogP) is 2.43. The minimum atomic E-state index is -4.11. The summed E-state index contributed by atoms with van der Waals surface area (Å²) in [5, 5.41) is 14.3. The summed E-state index contributed by atoms with van der Waals surface area (Å²) >= 11 is 0. The van der Waals surface area contributed by atoms with Crippen molar-refractivity contribution < 1.29 is 12.6 Å². The number of nitrogens with one attached hydrogen (secondary N) is 1. The van der Waals surface area contributed by atoms with Crippen molar-refractivity contribution >= 4 is 27.2 Å². The molecule has 2 aromatic heterocycles. The Kier molecular flexibility index (Phi) is 4.59. The summed E-state index contributed by atoms with van der Waals surface area (Å²) in [6, 6.07) is 19.1. The maximum Gasteiger partial charge on any atom is 0.380 e. The summed E-state index contributed by atoms with van der Waals surface area (Å²) in [5.41, 5.74) is 6.27. The van der Waals surface area contributed by atoms with Gasteiger partial charge in [0.05, 0.1) is 22.3 Å². The molecule has 0 fully saturated rings. The average Bonchev–Trinajstić information content (AvgIpc) is 3.10. The second kappa shape index (κ2) is 7.23. The highest BCUT2D eigenvalue weighted by molar-refractivity contribution is 7.84. The molecule has 0 saturated heterocycles. The van der Waals surface area contributed by atoms with Crippen LogP contribution in [-0.4, -0.2) is 23.1 Å². The number of hydrogen-bond donors (Lipinski definition) is 2. The van der Waals surface area contributed by atoms with Gasteiger partial charge in [-0.1, -0.05) is 12.1 Å². The van der Waals surface area contributed by atoms with Crippen LogP contribution in [0.3, 0.4) is 0 Å². The zero-order valence-electron chi connectivity index (χ0n) is 14.9. The van der Waals surface area contributed by atoms with Crippen LogP contribution in [0.15, 0.2) is 67.0 Å². The third kappa shape index (κ3) is 4.01. The number of hydrogen-bond acceptors (Lipinski definition) is 7. The first kappa shape index (κ1) is 18.4. The van der Waals surface area contributed by atoms with Crippen molar-refractivity contribution in [1.29, 1.82) is 5.26 Å². The van der Waals surface area contributed by atoms with Gasteiger partial charge < -0.3 is 4.18 Å². The van der Waals surface area contributed by atoms with Gasteiger partial charge in [0.15, 0.2) is 0 Å². The first-order valence-electron chi connectivity index (χ1n) is 8.36. The largest absolute Gasteiger partial charge is 0.380 e. The molecular formula is C19H14N6O3S. The van der Waals surface area contributed by atoms with E-state index in [2.05, 4.69) is 25.6 Å². The van der Waals surface area contributed by atoms with Gasteiger partial charge in [-0.05, 0) is 48.5 Å². The van der Waals surface area contributed by atoms with Crippen molar-refractivity contribution in [2.45, 2.75) is 0 Å². The average molecular weight is 406 g/mol. The Labute approximate surface area is 166 Å². The molecule has 29 heavy (non-hydrogen) atoms. The van der Waals surface area contributed by atoms with E-state index in [0.717, 1.165) is 11.0 Å². The van der Waals surface area contributed by atoms with Gasteiger partial charge in [-0.3, -0.25) is 5.43 Å². The molecule has 0 aliphatic carbocycles. The van der Waals surface area contributed by atoms with Crippen LogP contribution >= 0.6 is 0 Å². The van der Waals surface area contributed by atoms with Crippen LogP contribution < -0.4 is 14.7 Å².